The van der Waals surface area contributed by atoms with Gasteiger partial charge in [0.15, 0.2) is 6.23 Å². The molecule has 0 saturated carbocycles. The normalized spacial score (nSPS) is 29.6. The standard InChI is InChI=1S/C16H21NO8/c1-24-9-4-2-8(10(19)6-9)3-5-12(20)17-16-15(23)14(22)13(21)11(7-18)25-16/h2-6,11,13-16,18-19,21-23H,7H2,1H3,(H,17,20)/b5-3+/t11-,13-,14+,15-,16-/m1/s1. The lowest BCUT2D eigenvalue weighted by Crippen LogP contribution is -2.63. The third-order valence-electron chi connectivity index (χ3n) is 3.83. The van der Waals surface area contributed by atoms with Crippen molar-refractivity contribution in [2.24, 2.45) is 0 Å². The van der Waals surface area contributed by atoms with Crippen LogP contribution in [-0.4, -0.2) is 75.8 Å². The van der Waals surface area contributed by atoms with Crippen molar-refractivity contribution in [1.82, 2.24) is 5.32 Å². The highest BCUT2D eigenvalue weighted by atomic mass is 16.6. The quantitative estimate of drug-likeness (QED) is 0.343. The fourth-order valence-electron chi connectivity index (χ4n) is 2.37. The number of carbonyl (C=O) groups excluding carboxylic acids is 1. The number of hydrogen-bond donors (Lipinski definition) is 6. The molecule has 0 radical (unpaired) electrons. The van der Waals surface area contributed by atoms with E-state index in [1.807, 2.05) is 0 Å². The van der Waals surface area contributed by atoms with E-state index in [0.29, 0.717) is 11.3 Å². The summed E-state index contributed by atoms with van der Waals surface area (Å²) in [4.78, 5) is 11.9. The zero-order chi connectivity index (χ0) is 18.6. The number of carbonyl (C=O) groups is 1. The van der Waals surface area contributed by atoms with Crippen LogP contribution in [0.5, 0.6) is 11.5 Å². The Balaban J connectivity index is 2.01. The molecule has 138 valence electrons. The highest BCUT2D eigenvalue weighted by Crippen LogP contribution is 2.24. The molecule has 0 aromatic heterocycles. The average molecular weight is 355 g/mol. The lowest BCUT2D eigenvalue weighted by atomic mass is 9.98. The van der Waals surface area contributed by atoms with Gasteiger partial charge < -0.3 is 40.3 Å². The Kier molecular flexibility index (Phi) is 6.34. The number of phenolic OH excluding ortho intramolecular Hbond substituents is 1. The molecule has 1 saturated heterocycles. The largest absolute Gasteiger partial charge is 0.507 e. The maximum absolute atomic E-state index is 11.9. The Morgan fingerprint density at radius 3 is 2.60 bits per heavy atom. The van der Waals surface area contributed by atoms with Crippen molar-refractivity contribution in [3.05, 3.63) is 29.8 Å². The fraction of sp³-hybridized carbons (Fsp3) is 0.438. The van der Waals surface area contributed by atoms with E-state index in [1.165, 1.54) is 19.3 Å². The molecular formula is C16H21NO8. The van der Waals surface area contributed by atoms with Gasteiger partial charge in [0.25, 0.3) is 0 Å². The van der Waals surface area contributed by atoms with Crippen molar-refractivity contribution >= 4 is 12.0 Å². The summed E-state index contributed by atoms with van der Waals surface area (Å²) in [5.74, 6) is -0.295. The van der Waals surface area contributed by atoms with Crippen LogP contribution >= 0.6 is 0 Å². The molecule has 1 amide bonds. The fourth-order valence-corrected chi connectivity index (χ4v) is 2.37. The number of hydrogen-bond acceptors (Lipinski definition) is 8. The van der Waals surface area contributed by atoms with E-state index in [-0.39, 0.29) is 5.75 Å². The van der Waals surface area contributed by atoms with E-state index >= 15 is 0 Å². The van der Waals surface area contributed by atoms with E-state index < -0.39 is 43.2 Å². The Labute approximate surface area is 143 Å². The molecule has 25 heavy (non-hydrogen) atoms. The molecule has 1 aliphatic heterocycles. The Hall–Kier alpha value is -2.17. The number of aromatic hydroxyl groups is 1. The van der Waals surface area contributed by atoms with Crippen LogP contribution < -0.4 is 10.1 Å². The number of amides is 1. The second kappa shape index (κ2) is 8.28. The van der Waals surface area contributed by atoms with Crippen LogP contribution in [0.2, 0.25) is 0 Å². The molecule has 0 bridgehead atoms. The van der Waals surface area contributed by atoms with Crippen LogP contribution in [0.15, 0.2) is 24.3 Å². The van der Waals surface area contributed by atoms with Gasteiger partial charge in [-0.25, -0.2) is 0 Å². The van der Waals surface area contributed by atoms with Gasteiger partial charge in [0.1, 0.15) is 35.9 Å². The SMILES string of the molecule is COc1ccc(/C=C/C(=O)N[C@@H]2O[C@H](CO)[C@@H](O)[C@H](O)[C@H]2O)c(O)c1. The zero-order valence-corrected chi connectivity index (χ0v) is 13.4. The highest BCUT2D eigenvalue weighted by Gasteiger charge is 2.43. The summed E-state index contributed by atoms with van der Waals surface area (Å²) in [5, 5.41) is 50.4. The maximum Gasteiger partial charge on any atom is 0.246 e. The number of nitrogens with one attached hydrogen (secondary N) is 1. The summed E-state index contributed by atoms with van der Waals surface area (Å²) in [6.07, 6.45) is -4.62. The van der Waals surface area contributed by atoms with Gasteiger partial charge in [0.2, 0.25) is 5.91 Å². The monoisotopic (exact) mass is 355 g/mol. The summed E-state index contributed by atoms with van der Waals surface area (Å²) >= 11 is 0. The third kappa shape index (κ3) is 4.47. The summed E-state index contributed by atoms with van der Waals surface area (Å²) in [7, 11) is 1.46. The molecule has 1 aliphatic rings. The number of aliphatic hydroxyl groups is 4. The lowest BCUT2D eigenvalue weighted by Gasteiger charge is -2.39. The maximum atomic E-state index is 11.9. The van der Waals surface area contributed by atoms with Gasteiger partial charge in [0.05, 0.1) is 13.7 Å². The van der Waals surface area contributed by atoms with Gasteiger partial charge >= 0.3 is 0 Å². The van der Waals surface area contributed by atoms with Crippen LogP contribution in [0, 0.1) is 0 Å². The molecule has 0 spiro atoms. The number of phenols is 1. The predicted octanol–water partition coefficient (Wildman–Crippen LogP) is -1.67. The number of aliphatic hydroxyl groups excluding tert-OH is 4. The lowest BCUT2D eigenvalue weighted by molar-refractivity contribution is -0.235. The van der Waals surface area contributed by atoms with Crippen molar-refractivity contribution in [3.63, 3.8) is 0 Å². The van der Waals surface area contributed by atoms with Crippen molar-refractivity contribution in [2.75, 3.05) is 13.7 Å². The summed E-state index contributed by atoms with van der Waals surface area (Å²) in [6.45, 7) is -0.590. The Morgan fingerprint density at radius 1 is 1.28 bits per heavy atom. The molecule has 5 atom stereocenters. The minimum Gasteiger partial charge on any atom is -0.507 e. The molecule has 0 aliphatic carbocycles. The number of rotatable bonds is 5. The second-order valence-corrected chi connectivity index (χ2v) is 5.52. The highest BCUT2D eigenvalue weighted by molar-refractivity contribution is 5.92. The molecule has 1 heterocycles. The second-order valence-electron chi connectivity index (χ2n) is 5.52. The average Bonchev–Trinajstić information content (AvgIpc) is 2.61. The molecule has 0 unspecified atom stereocenters. The molecule has 9 nitrogen and oxygen atoms in total. The predicted molar refractivity (Wildman–Crippen MR) is 85.6 cm³/mol. The van der Waals surface area contributed by atoms with Gasteiger partial charge in [-0.05, 0) is 18.2 Å². The van der Waals surface area contributed by atoms with Gasteiger partial charge in [-0.3, -0.25) is 4.79 Å². The molecule has 1 aromatic rings. The molecular weight excluding hydrogens is 334 g/mol. The first-order chi connectivity index (χ1) is 11.9. The summed E-state index contributed by atoms with van der Waals surface area (Å²) in [5.41, 5.74) is 0.366. The number of methoxy groups -OCH3 is 1. The van der Waals surface area contributed by atoms with Crippen molar-refractivity contribution in [3.8, 4) is 11.5 Å². The third-order valence-corrected chi connectivity index (χ3v) is 3.83. The Morgan fingerprint density at radius 2 is 2.00 bits per heavy atom. The minimum absolute atomic E-state index is 0.0868. The van der Waals surface area contributed by atoms with Crippen molar-refractivity contribution in [1.29, 1.82) is 0 Å². The van der Waals surface area contributed by atoms with Crippen LogP contribution in [-0.2, 0) is 9.53 Å². The zero-order valence-electron chi connectivity index (χ0n) is 13.4. The van der Waals surface area contributed by atoms with Crippen molar-refractivity contribution < 1.29 is 39.8 Å². The number of ether oxygens (including phenoxy) is 2. The van der Waals surface area contributed by atoms with Crippen LogP contribution in [0.4, 0.5) is 0 Å². The molecule has 1 fully saturated rings. The van der Waals surface area contributed by atoms with E-state index in [2.05, 4.69) is 5.32 Å². The summed E-state index contributed by atoms with van der Waals surface area (Å²) < 4.78 is 10.1. The van der Waals surface area contributed by atoms with E-state index in [4.69, 9.17) is 14.6 Å². The topological polar surface area (TPSA) is 149 Å². The van der Waals surface area contributed by atoms with Crippen LogP contribution in [0.3, 0.4) is 0 Å². The molecule has 6 N–H and O–H groups in total. The molecule has 9 heteroatoms. The summed E-state index contributed by atoms with van der Waals surface area (Å²) in [6, 6.07) is 4.54. The smallest absolute Gasteiger partial charge is 0.246 e. The van der Waals surface area contributed by atoms with E-state index in [9.17, 15) is 25.2 Å². The first kappa shape index (κ1) is 19.2. The first-order valence-electron chi connectivity index (χ1n) is 7.53. The van der Waals surface area contributed by atoms with Crippen LogP contribution in [0.25, 0.3) is 6.08 Å². The molecule has 2 rings (SSSR count). The van der Waals surface area contributed by atoms with Gasteiger partial charge in [-0.15, -0.1) is 0 Å². The van der Waals surface area contributed by atoms with Gasteiger partial charge in [-0.1, -0.05) is 0 Å². The van der Waals surface area contributed by atoms with E-state index in [0.717, 1.165) is 6.08 Å². The number of benzene rings is 1. The molecule has 1 aromatic carbocycles. The van der Waals surface area contributed by atoms with Crippen molar-refractivity contribution in [2.45, 2.75) is 30.6 Å². The van der Waals surface area contributed by atoms with Gasteiger partial charge in [-0.2, -0.15) is 0 Å². The Bertz CT molecular complexity index is 633. The van der Waals surface area contributed by atoms with E-state index in [1.54, 1.807) is 12.1 Å². The van der Waals surface area contributed by atoms with Crippen LogP contribution in [0.1, 0.15) is 5.56 Å². The van der Waals surface area contributed by atoms with Gasteiger partial charge in [0, 0.05) is 17.7 Å². The first-order valence-corrected chi connectivity index (χ1v) is 7.53. The minimum atomic E-state index is -1.58.